The standard InChI is InChI=1S/C16H26N2/c1-18(13-15-5-3-2-4-6-15)12-11-14-7-9-16(17)10-8-14/h7-10,15H,2-6,11-13,17H2,1H3. The third-order valence-corrected chi connectivity index (χ3v) is 4.06. The SMILES string of the molecule is CN(CCc1ccc(N)cc1)CC1CCCCC1. The van der Waals surface area contributed by atoms with E-state index >= 15 is 0 Å². The van der Waals surface area contributed by atoms with Crippen LogP contribution in [0.4, 0.5) is 5.69 Å². The lowest BCUT2D eigenvalue weighted by Crippen LogP contribution is -2.28. The van der Waals surface area contributed by atoms with E-state index in [0.717, 1.165) is 24.6 Å². The molecule has 0 aliphatic heterocycles. The molecule has 0 saturated heterocycles. The van der Waals surface area contributed by atoms with Crippen LogP contribution >= 0.6 is 0 Å². The Hall–Kier alpha value is -1.02. The van der Waals surface area contributed by atoms with Crippen molar-refractivity contribution in [2.75, 3.05) is 25.9 Å². The van der Waals surface area contributed by atoms with Gasteiger partial charge in [0, 0.05) is 18.8 Å². The molecule has 1 aromatic carbocycles. The zero-order valence-electron chi connectivity index (χ0n) is 11.6. The fraction of sp³-hybridized carbons (Fsp3) is 0.625. The number of hydrogen-bond acceptors (Lipinski definition) is 2. The molecule has 0 atom stereocenters. The van der Waals surface area contributed by atoms with Gasteiger partial charge in [-0.25, -0.2) is 0 Å². The average molecular weight is 246 g/mol. The second kappa shape index (κ2) is 6.79. The van der Waals surface area contributed by atoms with Crippen molar-refractivity contribution in [1.29, 1.82) is 0 Å². The number of hydrogen-bond donors (Lipinski definition) is 1. The van der Waals surface area contributed by atoms with Crippen LogP contribution in [-0.4, -0.2) is 25.0 Å². The zero-order valence-corrected chi connectivity index (χ0v) is 11.6. The minimum Gasteiger partial charge on any atom is -0.399 e. The predicted molar refractivity (Wildman–Crippen MR) is 78.6 cm³/mol. The van der Waals surface area contributed by atoms with Crippen LogP contribution in [0.25, 0.3) is 0 Å². The van der Waals surface area contributed by atoms with Gasteiger partial charge in [0.2, 0.25) is 0 Å². The molecule has 18 heavy (non-hydrogen) atoms. The first-order valence-corrected chi connectivity index (χ1v) is 7.27. The van der Waals surface area contributed by atoms with Crippen molar-refractivity contribution in [2.45, 2.75) is 38.5 Å². The molecule has 2 N–H and O–H groups in total. The highest BCUT2D eigenvalue weighted by molar-refractivity contribution is 5.39. The number of anilines is 1. The van der Waals surface area contributed by atoms with Gasteiger partial charge in [-0.15, -0.1) is 0 Å². The van der Waals surface area contributed by atoms with Crippen molar-refractivity contribution >= 4 is 5.69 Å². The minimum atomic E-state index is 0.856. The Morgan fingerprint density at radius 3 is 2.44 bits per heavy atom. The number of nitrogens with zero attached hydrogens (tertiary/aromatic N) is 1. The summed E-state index contributed by atoms with van der Waals surface area (Å²) >= 11 is 0. The average Bonchev–Trinajstić information content (AvgIpc) is 2.39. The quantitative estimate of drug-likeness (QED) is 0.808. The third-order valence-electron chi connectivity index (χ3n) is 4.06. The number of nitrogens with two attached hydrogens (primary N) is 1. The Labute approximate surface area is 111 Å². The van der Waals surface area contributed by atoms with E-state index in [-0.39, 0.29) is 0 Å². The summed E-state index contributed by atoms with van der Waals surface area (Å²) in [5.41, 5.74) is 7.94. The molecule has 100 valence electrons. The molecule has 2 heteroatoms. The molecule has 1 fully saturated rings. The van der Waals surface area contributed by atoms with Crippen LogP contribution in [0.1, 0.15) is 37.7 Å². The molecular formula is C16H26N2. The summed E-state index contributed by atoms with van der Waals surface area (Å²) < 4.78 is 0. The van der Waals surface area contributed by atoms with Crippen LogP contribution in [0.5, 0.6) is 0 Å². The van der Waals surface area contributed by atoms with Gasteiger partial charge in [0.25, 0.3) is 0 Å². The summed E-state index contributed by atoms with van der Waals surface area (Å²) in [5, 5.41) is 0. The highest BCUT2D eigenvalue weighted by Gasteiger charge is 2.14. The van der Waals surface area contributed by atoms with Gasteiger partial charge >= 0.3 is 0 Å². The second-order valence-corrected chi connectivity index (χ2v) is 5.76. The van der Waals surface area contributed by atoms with E-state index in [2.05, 4.69) is 24.1 Å². The number of likely N-dealkylation sites (N-methyl/N-ethyl adjacent to an activating group) is 1. The van der Waals surface area contributed by atoms with Gasteiger partial charge in [0.15, 0.2) is 0 Å². The van der Waals surface area contributed by atoms with Crippen molar-refractivity contribution in [3.8, 4) is 0 Å². The summed E-state index contributed by atoms with van der Waals surface area (Å²) in [5.74, 6) is 0.940. The lowest BCUT2D eigenvalue weighted by atomic mass is 9.89. The van der Waals surface area contributed by atoms with Gasteiger partial charge in [-0.1, -0.05) is 31.4 Å². The van der Waals surface area contributed by atoms with E-state index < -0.39 is 0 Å². The fourth-order valence-electron chi connectivity index (χ4n) is 2.91. The molecule has 2 nitrogen and oxygen atoms in total. The maximum absolute atomic E-state index is 5.70. The Morgan fingerprint density at radius 1 is 1.11 bits per heavy atom. The first kappa shape index (κ1) is 13.4. The van der Waals surface area contributed by atoms with E-state index in [4.69, 9.17) is 5.73 Å². The van der Waals surface area contributed by atoms with E-state index in [1.807, 2.05) is 12.1 Å². The minimum absolute atomic E-state index is 0.856. The van der Waals surface area contributed by atoms with E-state index in [1.165, 1.54) is 44.2 Å². The summed E-state index contributed by atoms with van der Waals surface area (Å²) in [6.45, 7) is 2.43. The number of benzene rings is 1. The topological polar surface area (TPSA) is 29.3 Å². The summed E-state index contributed by atoms with van der Waals surface area (Å²) in [6, 6.07) is 8.28. The predicted octanol–water partition coefficient (Wildman–Crippen LogP) is 3.32. The van der Waals surface area contributed by atoms with Crippen LogP contribution in [0.2, 0.25) is 0 Å². The Kier molecular flexibility index (Phi) is 5.06. The zero-order chi connectivity index (χ0) is 12.8. The highest BCUT2D eigenvalue weighted by atomic mass is 15.1. The molecule has 0 aromatic heterocycles. The van der Waals surface area contributed by atoms with E-state index in [1.54, 1.807) is 0 Å². The lowest BCUT2D eigenvalue weighted by molar-refractivity contribution is 0.235. The maximum atomic E-state index is 5.70. The normalized spacial score (nSPS) is 17.2. The van der Waals surface area contributed by atoms with Crippen LogP contribution < -0.4 is 5.73 Å². The van der Waals surface area contributed by atoms with Gasteiger partial charge in [-0.2, -0.15) is 0 Å². The van der Waals surface area contributed by atoms with Gasteiger partial charge in [-0.3, -0.25) is 0 Å². The molecule has 0 amide bonds. The first-order chi connectivity index (χ1) is 8.74. The Bertz CT molecular complexity index is 339. The van der Waals surface area contributed by atoms with Gasteiger partial charge < -0.3 is 10.6 Å². The van der Waals surface area contributed by atoms with E-state index in [0.29, 0.717) is 0 Å². The Balaban J connectivity index is 1.70. The largest absolute Gasteiger partial charge is 0.399 e. The van der Waals surface area contributed by atoms with Crippen molar-refractivity contribution in [1.82, 2.24) is 4.90 Å². The van der Waals surface area contributed by atoms with Gasteiger partial charge in [-0.05, 0) is 49.9 Å². The number of rotatable bonds is 5. The monoisotopic (exact) mass is 246 g/mol. The fourth-order valence-corrected chi connectivity index (χ4v) is 2.91. The molecule has 2 rings (SSSR count). The maximum Gasteiger partial charge on any atom is 0.0314 e. The van der Waals surface area contributed by atoms with Crippen molar-refractivity contribution in [2.24, 2.45) is 5.92 Å². The highest BCUT2D eigenvalue weighted by Crippen LogP contribution is 2.24. The molecule has 0 unspecified atom stereocenters. The van der Waals surface area contributed by atoms with Crippen LogP contribution in [0.15, 0.2) is 24.3 Å². The summed E-state index contributed by atoms with van der Waals surface area (Å²) in [4.78, 5) is 2.49. The van der Waals surface area contributed by atoms with Gasteiger partial charge in [0.1, 0.15) is 0 Å². The molecule has 0 bridgehead atoms. The van der Waals surface area contributed by atoms with Crippen LogP contribution in [0, 0.1) is 5.92 Å². The molecule has 1 aliphatic carbocycles. The molecule has 1 saturated carbocycles. The van der Waals surface area contributed by atoms with Crippen molar-refractivity contribution in [3.05, 3.63) is 29.8 Å². The van der Waals surface area contributed by atoms with Crippen molar-refractivity contribution in [3.63, 3.8) is 0 Å². The lowest BCUT2D eigenvalue weighted by Gasteiger charge is -2.27. The molecular weight excluding hydrogens is 220 g/mol. The number of nitrogen functional groups attached to an aromatic ring is 1. The van der Waals surface area contributed by atoms with Crippen LogP contribution in [0.3, 0.4) is 0 Å². The van der Waals surface area contributed by atoms with E-state index in [9.17, 15) is 0 Å². The van der Waals surface area contributed by atoms with Crippen LogP contribution in [-0.2, 0) is 6.42 Å². The summed E-state index contributed by atoms with van der Waals surface area (Å²) in [7, 11) is 2.26. The van der Waals surface area contributed by atoms with Crippen molar-refractivity contribution < 1.29 is 0 Å². The van der Waals surface area contributed by atoms with Gasteiger partial charge in [0.05, 0.1) is 0 Å². The molecule has 0 spiro atoms. The molecule has 0 heterocycles. The second-order valence-electron chi connectivity index (χ2n) is 5.76. The molecule has 1 aliphatic rings. The third kappa shape index (κ3) is 4.34. The smallest absolute Gasteiger partial charge is 0.0314 e. The first-order valence-electron chi connectivity index (χ1n) is 7.27. The molecule has 0 radical (unpaired) electrons. The molecule has 1 aromatic rings. The Morgan fingerprint density at radius 2 is 1.78 bits per heavy atom. The summed E-state index contributed by atoms with van der Waals surface area (Å²) in [6.07, 6.45) is 8.33.